The Morgan fingerprint density at radius 2 is 2.05 bits per heavy atom. The maximum atomic E-state index is 11.8. The Morgan fingerprint density at radius 1 is 1.30 bits per heavy atom. The highest BCUT2D eigenvalue weighted by Crippen LogP contribution is 2.14. The van der Waals surface area contributed by atoms with Crippen LogP contribution in [0.5, 0.6) is 0 Å². The molecule has 5 nitrogen and oxygen atoms in total. The molecule has 20 heavy (non-hydrogen) atoms. The molecule has 1 aromatic heterocycles. The largest absolute Gasteiger partial charge is 0.350 e. The molecular formula is C14H14ClN3O2. The third kappa shape index (κ3) is 3.68. The van der Waals surface area contributed by atoms with Crippen LogP contribution in [0.25, 0.3) is 0 Å². The highest BCUT2D eigenvalue weighted by Gasteiger charge is 2.06. The Balaban J connectivity index is 1.98. The van der Waals surface area contributed by atoms with Crippen LogP contribution in [0, 0.1) is 6.92 Å². The maximum Gasteiger partial charge on any atom is 0.267 e. The van der Waals surface area contributed by atoms with Gasteiger partial charge in [-0.05, 0) is 24.6 Å². The smallest absolute Gasteiger partial charge is 0.267 e. The lowest BCUT2D eigenvalue weighted by atomic mass is 10.2. The Labute approximate surface area is 121 Å². The van der Waals surface area contributed by atoms with E-state index in [1.165, 1.54) is 6.07 Å². The summed E-state index contributed by atoms with van der Waals surface area (Å²) in [5, 5.41) is 7.31. The van der Waals surface area contributed by atoms with Gasteiger partial charge < -0.3 is 5.32 Å². The molecule has 0 aliphatic rings. The normalized spacial score (nSPS) is 10.3. The van der Waals surface area contributed by atoms with Crippen LogP contribution in [0.4, 0.5) is 0 Å². The number of halogens is 1. The number of carbonyl (C=O) groups is 1. The van der Waals surface area contributed by atoms with Crippen LogP contribution in [0.1, 0.15) is 11.3 Å². The van der Waals surface area contributed by atoms with E-state index in [4.69, 9.17) is 11.6 Å². The van der Waals surface area contributed by atoms with Crippen molar-refractivity contribution in [2.24, 2.45) is 0 Å². The summed E-state index contributed by atoms with van der Waals surface area (Å²) < 4.78 is 1.14. The first-order valence-electron chi connectivity index (χ1n) is 6.11. The number of nitrogens with one attached hydrogen (secondary N) is 1. The zero-order chi connectivity index (χ0) is 14.5. The molecule has 0 spiro atoms. The van der Waals surface area contributed by atoms with Crippen LogP contribution in [0.3, 0.4) is 0 Å². The van der Waals surface area contributed by atoms with Gasteiger partial charge in [0.05, 0.1) is 5.69 Å². The lowest BCUT2D eigenvalue weighted by molar-refractivity contribution is -0.122. The van der Waals surface area contributed by atoms with Gasteiger partial charge in [0.25, 0.3) is 5.56 Å². The summed E-state index contributed by atoms with van der Waals surface area (Å²) in [6.07, 6.45) is 0. The number of aromatic nitrogens is 2. The summed E-state index contributed by atoms with van der Waals surface area (Å²) >= 11 is 6.00. The van der Waals surface area contributed by atoms with E-state index >= 15 is 0 Å². The average molecular weight is 292 g/mol. The number of amides is 1. The number of hydrogen-bond donors (Lipinski definition) is 1. The summed E-state index contributed by atoms with van der Waals surface area (Å²) in [6, 6.07) is 10.3. The number of carbonyl (C=O) groups excluding carboxylic acids is 1. The van der Waals surface area contributed by atoms with Gasteiger partial charge in [-0.3, -0.25) is 9.59 Å². The van der Waals surface area contributed by atoms with Gasteiger partial charge in [0.15, 0.2) is 0 Å². The predicted octanol–water partition coefficient (Wildman–Crippen LogP) is 1.52. The molecular weight excluding hydrogens is 278 g/mol. The fourth-order valence-electron chi connectivity index (χ4n) is 1.69. The van der Waals surface area contributed by atoms with E-state index in [0.717, 1.165) is 10.2 Å². The molecule has 1 amide bonds. The second-order valence-electron chi connectivity index (χ2n) is 4.34. The first kappa shape index (κ1) is 14.3. The summed E-state index contributed by atoms with van der Waals surface area (Å²) in [5.41, 5.74) is 1.21. The number of rotatable bonds is 4. The summed E-state index contributed by atoms with van der Waals surface area (Å²) in [7, 11) is 0. The minimum atomic E-state index is -0.302. The number of aryl methyl sites for hydroxylation is 1. The second kappa shape index (κ2) is 6.34. The fraction of sp³-hybridized carbons (Fsp3) is 0.214. The molecule has 0 saturated heterocycles. The molecule has 0 aliphatic carbocycles. The number of benzene rings is 1. The van der Waals surface area contributed by atoms with Crippen molar-refractivity contribution in [2.75, 3.05) is 0 Å². The first-order valence-corrected chi connectivity index (χ1v) is 6.49. The van der Waals surface area contributed by atoms with Gasteiger partial charge in [-0.1, -0.05) is 29.8 Å². The molecule has 0 saturated carbocycles. The topological polar surface area (TPSA) is 64.0 Å². The van der Waals surface area contributed by atoms with Crippen LogP contribution in [0.15, 0.2) is 41.2 Å². The van der Waals surface area contributed by atoms with E-state index in [0.29, 0.717) is 17.3 Å². The molecule has 2 rings (SSSR count). The average Bonchev–Trinajstić information content (AvgIpc) is 2.42. The molecule has 104 valence electrons. The van der Waals surface area contributed by atoms with E-state index in [2.05, 4.69) is 10.4 Å². The lowest BCUT2D eigenvalue weighted by Gasteiger charge is -2.08. The molecule has 0 atom stereocenters. The van der Waals surface area contributed by atoms with Crippen molar-refractivity contribution in [1.82, 2.24) is 15.1 Å². The van der Waals surface area contributed by atoms with Crippen molar-refractivity contribution < 1.29 is 4.79 Å². The number of hydrogen-bond acceptors (Lipinski definition) is 3. The third-order valence-corrected chi connectivity index (χ3v) is 3.10. The predicted molar refractivity (Wildman–Crippen MR) is 76.5 cm³/mol. The van der Waals surface area contributed by atoms with Gasteiger partial charge in [-0.2, -0.15) is 5.10 Å². The molecule has 0 fully saturated rings. The Kier molecular flexibility index (Phi) is 4.53. The van der Waals surface area contributed by atoms with Crippen LogP contribution >= 0.6 is 11.6 Å². The summed E-state index contributed by atoms with van der Waals surface area (Å²) in [4.78, 5) is 23.3. The van der Waals surface area contributed by atoms with Gasteiger partial charge in [0, 0.05) is 17.6 Å². The monoisotopic (exact) mass is 291 g/mol. The Morgan fingerprint density at radius 3 is 2.80 bits per heavy atom. The van der Waals surface area contributed by atoms with Crippen LogP contribution in [0.2, 0.25) is 5.02 Å². The van der Waals surface area contributed by atoms with Crippen molar-refractivity contribution in [3.8, 4) is 0 Å². The molecule has 1 aromatic carbocycles. The van der Waals surface area contributed by atoms with Gasteiger partial charge >= 0.3 is 0 Å². The van der Waals surface area contributed by atoms with Crippen molar-refractivity contribution in [3.05, 3.63) is 63.0 Å². The SMILES string of the molecule is Cc1ccc(=O)n(CC(=O)NCc2ccccc2Cl)n1. The summed E-state index contributed by atoms with van der Waals surface area (Å²) in [5.74, 6) is -0.287. The van der Waals surface area contributed by atoms with Crippen molar-refractivity contribution in [2.45, 2.75) is 20.0 Å². The zero-order valence-corrected chi connectivity index (χ0v) is 11.7. The van der Waals surface area contributed by atoms with E-state index in [9.17, 15) is 9.59 Å². The minimum absolute atomic E-state index is 0.106. The molecule has 2 aromatic rings. The molecule has 0 aliphatic heterocycles. The molecule has 0 unspecified atom stereocenters. The molecule has 0 radical (unpaired) electrons. The van der Waals surface area contributed by atoms with E-state index < -0.39 is 0 Å². The van der Waals surface area contributed by atoms with Gasteiger partial charge in [0.2, 0.25) is 5.91 Å². The second-order valence-corrected chi connectivity index (χ2v) is 4.75. The van der Waals surface area contributed by atoms with Crippen molar-refractivity contribution >= 4 is 17.5 Å². The van der Waals surface area contributed by atoms with Crippen LogP contribution < -0.4 is 10.9 Å². The van der Waals surface area contributed by atoms with Gasteiger partial charge in [-0.15, -0.1) is 0 Å². The quantitative estimate of drug-likeness (QED) is 0.929. The molecule has 1 N–H and O–H groups in total. The highest BCUT2D eigenvalue weighted by molar-refractivity contribution is 6.31. The van der Waals surface area contributed by atoms with Crippen LogP contribution in [-0.2, 0) is 17.9 Å². The lowest BCUT2D eigenvalue weighted by Crippen LogP contribution is -2.33. The maximum absolute atomic E-state index is 11.8. The standard InChI is InChI=1S/C14H14ClN3O2/c1-10-6-7-14(20)18(17-10)9-13(19)16-8-11-4-2-3-5-12(11)15/h2-7H,8-9H2,1H3,(H,16,19). The van der Waals surface area contributed by atoms with Crippen molar-refractivity contribution in [3.63, 3.8) is 0 Å². The zero-order valence-electron chi connectivity index (χ0n) is 11.0. The molecule has 1 heterocycles. The van der Waals surface area contributed by atoms with Crippen molar-refractivity contribution in [1.29, 1.82) is 0 Å². The minimum Gasteiger partial charge on any atom is -0.350 e. The van der Waals surface area contributed by atoms with E-state index in [1.807, 2.05) is 18.2 Å². The van der Waals surface area contributed by atoms with Gasteiger partial charge in [-0.25, -0.2) is 4.68 Å². The Hall–Kier alpha value is -2.14. The third-order valence-electron chi connectivity index (χ3n) is 2.73. The van der Waals surface area contributed by atoms with Gasteiger partial charge in [0.1, 0.15) is 6.54 Å². The van der Waals surface area contributed by atoms with E-state index in [-0.39, 0.29) is 18.0 Å². The van der Waals surface area contributed by atoms with Crippen LogP contribution in [-0.4, -0.2) is 15.7 Å². The summed E-state index contributed by atoms with van der Waals surface area (Å²) in [6.45, 7) is 1.97. The first-order chi connectivity index (χ1) is 9.56. The number of nitrogens with zero attached hydrogens (tertiary/aromatic N) is 2. The molecule has 6 heteroatoms. The highest BCUT2D eigenvalue weighted by atomic mass is 35.5. The molecule has 0 bridgehead atoms. The fourth-order valence-corrected chi connectivity index (χ4v) is 1.89. The Bertz CT molecular complexity index is 682. The van der Waals surface area contributed by atoms with E-state index in [1.54, 1.807) is 19.1 Å².